The number of aliphatic hydroxyl groups excluding tert-OH is 1. The Balaban J connectivity index is 2.51. The number of aliphatic hydroxyl groups is 1. The number of nitrogens with one attached hydrogen (secondary N) is 1. The Bertz CT molecular complexity index is 287. The molecule has 0 aromatic carbocycles. The minimum atomic E-state index is -4.36. The van der Waals surface area contributed by atoms with Crippen LogP contribution in [0, 0.1) is 0 Å². The van der Waals surface area contributed by atoms with E-state index in [1.807, 2.05) is 0 Å². The maximum atomic E-state index is 12.1. The van der Waals surface area contributed by atoms with Crippen molar-refractivity contribution in [3.63, 3.8) is 0 Å². The highest BCUT2D eigenvalue weighted by molar-refractivity contribution is 7.09. The van der Waals surface area contributed by atoms with E-state index in [1.165, 1.54) is 5.38 Å². The van der Waals surface area contributed by atoms with E-state index in [-0.39, 0.29) is 13.2 Å². The van der Waals surface area contributed by atoms with Gasteiger partial charge in [-0.3, -0.25) is 0 Å². The third-order valence-corrected chi connectivity index (χ3v) is 2.32. The average Bonchev–Trinajstić information content (AvgIpc) is 2.52. The zero-order chi connectivity index (χ0) is 10.6. The summed E-state index contributed by atoms with van der Waals surface area (Å²) in [4.78, 5) is 3.40. The number of halogens is 3. The van der Waals surface area contributed by atoms with E-state index in [1.54, 1.807) is 0 Å². The molecule has 7 heteroatoms. The van der Waals surface area contributed by atoms with Crippen molar-refractivity contribution in [1.82, 2.24) is 10.3 Å². The fourth-order valence-corrected chi connectivity index (χ4v) is 1.50. The monoisotopic (exact) mass is 226 g/mol. The molecule has 0 bridgehead atoms. The summed E-state index contributed by atoms with van der Waals surface area (Å²) in [5.74, 6) is 0. The molecule has 0 unspecified atom stereocenters. The van der Waals surface area contributed by atoms with Gasteiger partial charge in [-0.1, -0.05) is 0 Å². The van der Waals surface area contributed by atoms with Crippen molar-refractivity contribution in [1.29, 1.82) is 0 Å². The summed E-state index contributed by atoms with van der Waals surface area (Å²) in [6.45, 7) is 0.544. The second-order valence-electron chi connectivity index (χ2n) is 2.54. The Hall–Kier alpha value is -0.660. The summed E-state index contributed by atoms with van der Waals surface area (Å²) in [7, 11) is 0. The second kappa shape index (κ2) is 4.72. The molecule has 1 aromatic rings. The molecule has 0 aliphatic carbocycles. The first-order valence-corrected chi connectivity index (χ1v) is 4.75. The Morgan fingerprint density at radius 3 is 2.71 bits per heavy atom. The van der Waals surface area contributed by atoms with Crippen LogP contribution in [-0.4, -0.2) is 23.2 Å². The van der Waals surface area contributed by atoms with E-state index in [0.29, 0.717) is 23.6 Å². The highest BCUT2D eigenvalue weighted by Gasteiger charge is 2.34. The highest BCUT2D eigenvalue weighted by atomic mass is 32.1. The van der Waals surface area contributed by atoms with Crippen molar-refractivity contribution in [2.75, 3.05) is 13.2 Å². The van der Waals surface area contributed by atoms with Gasteiger partial charge in [-0.15, -0.1) is 11.3 Å². The van der Waals surface area contributed by atoms with E-state index >= 15 is 0 Å². The molecule has 0 spiro atoms. The van der Waals surface area contributed by atoms with Crippen molar-refractivity contribution in [3.05, 3.63) is 16.1 Å². The first-order chi connectivity index (χ1) is 6.54. The van der Waals surface area contributed by atoms with Crippen LogP contribution in [0.3, 0.4) is 0 Å². The van der Waals surface area contributed by atoms with Crippen LogP contribution < -0.4 is 5.32 Å². The molecule has 1 aromatic heterocycles. The molecular weight excluding hydrogens is 217 g/mol. The highest BCUT2D eigenvalue weighted by Crippen LogP contribution is 2.31. The zero-order valence-corrected chi connectivity index (χ0v) is 7.95. The summed E-state index contributed by atoms with van der Waals surface area (Å²) in [6, 6.07) is 0. The quantitative estimate of drug-likeness (QED) is 0.759. The summed E-state index contributed by atoms with van der Waals surface area (Å²) in [6.07, 6.45) is -4.36. The number of nitrogens with zero attached hydrogens (tertiary/aromatic N) is 1. The molecule has 1 rings (SSSR count). The molecule has 2 N–H and O–H groups in total. The molecule has 0 amide bonds. The Labute approximate surface area is 82.6 Å². The summed E-state index contributed by atoms with van der Waals surface area (Å²) in [5.41, 5.74) is 0.343. The standard InChI is InChI=1S/C7H9F3N2OS/c8-7(9,10)6-12-5(4-14-6)3-11-1-2-13/h4,11,13H,1-3H2. The molecule has 1 heterocycles. The van der Waals surface area contributed by atoms with Gasteiger partial charge in [-0.05, 0) is 0 Å². The van der Waals surface area contributed by atoms with E-state index in [0.717, 1.165) is 0 Å². The van der Waals surface area contributed by atoms with Crippen LogP contribution in [0.25, 0.3) is 0 Å². The molecule has 0 aliphatic heterocycles. The normalized spacial score (nSPS) is 12.0. The molecule has 0 fully saturated rings. The van der Waals surface area contributed by atoms with Gasteiger partial charge in [0.2, 0.25) is 0 Å². The number of aromatic nitrogens is 1. The molecular formula is C7H9F3N2OS. The van der Waals surface area contributed by atoms with Crippen molar-refractivity contribution < 1.29 is 18.3 Å². The lowest BCUT2D eigenvalue weighted by Crippen LogP contribution is -2.17. The predicted molar refractivity (Wildman–Crippen MR) is 45.9 cm³/mol. The van der Waals surface area contributed by atoms with Gasteiger partial charge in [0.05, 0.1) is 12.3 Å². The fraction of sp³-hybridized carbons (Fsp3) is 0.571. The summed E-state index contributed by atoms with van der Waals surface area (Å²) >= 11 is 0.576. The van der Waals surface area contributed by atoms with Crippen LogP contribution in [0.15, 0.2) is 5.38 Å². The predicted octanol–water partition coefficient (Wildman–Crippen LogP) is 1.24. The van der Waals surface area contributed by atoms with Gasteiger partial charge in [0.1, 0.15) is 0 Å². The van der Waals surface area contributed by atoms with Gasteiger partial charge < -0.3 is 10.4 Å². The number of hydrogen-bond acceptors (Lipinski definition) is 4. The van der Waals surface area contributed by atoms with E-state index in [4.69, 9.17) is 5.11 Å². The maximum Gasteiger partial charge on any atom is 0.443 e. The first kappa shape index (κ1) is 11.4. The van der Waals surface area contributed by atoms with E-state index in [2.05, 4.69) is 10.3 Å². The van der Waals surface area contributed by atoms with Crippen LogP contribution in [0.4, 0.5) is 13.2 Å². The molecule has 0 atom stereocenters. The van der Waals surface area contributed by atoms with Gasteiger partial charge >= 0.3 is 6.18 Å². The van der Waals surface area contributed by atoms with Crippen LogP contribution in [-0.2, 0) is 12.7 Å². The van der Waals surface area contributed by atoms with Gasteiger partial charge in [-0.2, -0.15) is 13.2 Å². The van der Waals surface area contributed by atoms with Crippen molar-refractivity contribution in [2.45, 2.75) is 12.7 Å². The fourth-order valence-electron chi connectivity index (χ4n) is 0.814. The van der Waals surface area contributed by atoms with E-state index < -0.39 is 11.2 Å². The van der Waals surface area contributed by atoms with Gasteiger partial charge in [0, 0.05) is 18.5 Å². The molecule has 0 radical (unpaired) electrons. The lowest BCUT2D eigenvalue weighted by Gasteiger charge is -2.00. The number of rotatable bonds is 4. The van der Waals surface area contributed by atoms with Crippen LogP contribution >= 0.6 is 11.3 Å². The molecule has 3 nitrogen and oxygen atoms in total. The van der Waals surface area contributed by atoms with E-state index in [9.17, 15) is 13.2 Å². The van der Waals surface area contributed by atoms with Crippen molar-refractivity contribution in [2.24, 2.45) is 0 Å². The number of hydrogen-bond donors (Lipinski definition) is 2. The minimum absolute atomic E-state index is 0.0454. The van der Waals surface area contributed by atoms with Crippen molar-refractivity contribution >= 4 is 11.3 Å². The third-order valence-electron chi connectivity index (χ3n) is 1.39. The third kappa shape index (κ3) is 3.24. The summed E-state index contributed by atoms with van der Waals surface area (Å²) in [5, 5.41) is 11.7. The molecule has 80 valence electrons. The number of alkyl halides is 3. The maximum absolute atomic E-state index is 12.1. The number of thiazole rings is 1. The largest absolute Gasteiger partial charge is 0.443 e. The zero-order valence-electron chi connectivity index (χ0n) is 7.14. The van der Waals surface area contributed by atoms with Crippen LogP contribution in [0.5, 0.6) is 0 Å². The van der Waals surface area contributed by atoms with Gasteiger partial charge in [0.15, 0.2) is 5.01 Å². The Kier molecular flexibility index (Phi) is 3.85. The van der Waals surface area contributed by atoms with Crippen LogP contribution in [0.2, 0.25) is 0 Å². The lowest BCUT2D eigenvalue weighted by atomic mass is 10.5. The second-order valence-corrected chi connectivity index (χ2v) is 3.40. The molecule has 0 aliphatic rings. The summed E-state index contributed by atoms with van der Waals surface area (Å²) < 4.78 is 36.2. The van der Waals surface area contributed by atoms with Crippen molar-refractivity contribution in [3.8, 4) is 0 Å². The Morgan fingerprint density at radius 1 is 1.50 bits per heavy atom. The van der Waals surface area contributed by atoms with Crippen LogP contribution in [0.1, 0.15) is 10.7 Å². The molecule has 0 saturated carbocycles. The first-order valence-electron chi connectivity index (χ1n) is 3.87. The lowest BCUT2D eigenvalue weighted by molar-refractivity contribution is -0.137. The smallest absolute Gasteiger partial charge is 0.395 e. The van der Waals surface area contributed by atoms with Gasteiger partial charge in [-0.25, -0.2) is 4.98 Å². The average molecular weight is 226 g/mol. The minimum Gasteiger partial charge on any atom is -0.395 e. The topological polar surface area (TPSA) is 45.1 Å². The Morgan fingerprint density at radius 2 is 2.21 bits per heavy atom. The molecule has 14 heavy (non-hydrogen) atoms. The van der Waals surface area contributed by atoms with Gasteiger partial charge in [0.25, 0.3) is 0 Å². The SMILES string of the molecule is OCCNCc1csc(C(F)(F)F)n1. The molecule has 0 saturated heterocycles.